The van der Waals surface area contributed by atoms with Gasteiger partial charge in [-0.05, 0) is 67.3 Å². The molecule has 47 heavy (non-hydrogen) atoms. The molecule has 0 aliphatic carbocycles. The van der Waals surface area contributed by atoms with Gasteiger partial charge in [0.1, 0.15) is 5.82 Å². The van der Waals surface area contributed by atoms with Crippen LogP contribution in [-0.2, 0) is 10.0 Å². The maximum atomic E-state index is 13.1. The minimum Gasteiger partial charge on any atom is -0.341 e. The van der Waals surface area contributed by atoms with Gasteiger partial charge in [-0.1, -0.05) is 35.3 Å². The molecular formula is C31H28Cl2N8O5S. The Morgan fingerprint density at radius 3 is 2.40 bits per heavy atom. The van der Waals surface area contributed by atoms with Crippen LogP contribution in [0.1, 0.15) is 33.6 Å². The van der Waals surface area contributed by atoms with Gasteiger partial charge in [0.2, 0.25) is 16.0 Å². The molecule has 5 N–H and O–H groups in total. The van der Waals surface area contributed by atoms with Gasteiger partial charge in [0, 0.05) is 43.3 Å². The Bertz CT molecular complexity index is 2030. The van der Waals surface area contributed by atoms with Crippen molar-refractivity contribution >= 4 is 67.7 Å². The summed E-state index contributed by atoms with van der Waals surface area (Å²) < 4.78 is 28.8. The van der Waals surface area contributed by atoms with Crippen LogP contribution in [0.5, 0.6) is 0 Å². The Hall–Kier alpha value is -4.60. The number of aromatic amines is 1. The summed E-state index contributed by atoms with van der Waals surface area (Å²) in [5.41, 5.74) is 4.44. The third-order valence-electron chi connectivity index (χ3n) is 7.83. The molecule has 0 bridgehead atoms. The van der Waals surface area contributed by atoms with E-state index in [-0.39, 0.29) is 33.5 Å². The van der Waals surface area contributed by atoms with Gasteiger partial charge in [-0.25, -0.2) is 33.6 Å². The topological polar surface area (TPSA) is 182 Å². The minimum absolute atomic E-state index is 0.0207. The number of aromatic nitrogens is 4. The molecule has 0 spiro atoms. The smallest absolute Gasteiger partial charge is 0.277 e. The van der Waals surface area contributed by atoms with E-state index in [0.717, 1.165) is 11.0 Å². The van der Waals surface area contributed by atoms with Crippen molar-refractivity contribution in [2.75, 3.05) is 29.9 Å². The van der Waals surface area contributed by atoms with E-state index in [2.05, 4.69) is 30.0 Å². The molecule has 1 aliphatic rings. The summed E-state index contributed by atoms with van der Waals surface area (Å²) in [6, 6.07) is 16.5. The van der Waals surface area contributed by atoms with Crippen molar-refractivity contribution < 1.29 is 23.2 Å². The normalized spacial score (nSPS) is 13.9. The number of sulfonamides is 1. The number of carbonyl (C=O) groups excluding carboxylic acids is 2. The molecule has 13 nitrogen and oxygen atoms in total. The fourth-order valence-electron chi connectivity index (χ4n) is 5.22. The van der Waals surface area contributed by atoms with Gasteiger partial charge in [-0.3, -0.25) is 14.8 Å². The molecule has 2 aromatic heterocycles. The number of H-pyrrole nitrogens is 1. The third kappa shape index (κ3) is 7.21. The maximum absolute atomic E-state index is 13.1. The van der Waals surface area contributed by atoms with Gasteiger partial charge >= 0.3 is 0 Å². The molecule has 1 saturated heterocycles. The number of hydroxylamine groups is 1. The van der Waals surface area contributed by atoms with Crippen molar-refractivity contribution in [1.29, 1.82) is 0 Å². The van der Waals surface area contributed by atoms with Gasteiger partial charge < -0.3 is 15.2 Å². The van der Waals surface area contributed by atoms with Gasteiger partial charge in [0.05, 0.1) is 37.1 Å². The van der Waals surface area contributed by atoms with E-state index in [0.29, 0.717) is 54.0 Å². The molecular weight excluding hydrogens is 667 g/mol. The van der Waals surface area contributed by atoms with E-state index < -0.39 is 21.8 Å². The lowest BCUT2D eigenvalue weighted by molar-refractivity contribution is 0.0705. The van der Waals surface area contributed by atoms with E-state index in [1.807, 2.05) is 29.2 Å². The van der Waals surface area contributed by atoms with E-state index in [1.165, 1.54) is 36.1 Å². The van der Waals surface area contributed by atoms with Crippen LogP contribution < -0.4 is 20.4 Å². The Balaban J connectivity index is 1.06. The first-order valence-corrected chi connectivity index (χ1v) is 16.7. The lowest BCUT2D eigenvalue weighted by atomic mass is 9.97. The number of piperidine rings is 1. The highest BCUT2D eigenvalue weighted by Crippen LogP contribution is 2.31. The van der Waals surface area contributed by atoms with Crippen LogP contribution in [0, 0.1) is 5.92 Å². The fraction of sp³-hybridized carbons (Fsp3) is 0.194. The molecule has 0 saturated carbocycles. The average Bonchev–Trinajstić information content (AvgIpc) is 3.52. The van der Waals surface area contributed by atoms with Gasteiger partial charge in [-0.2, -0.15) is 0 Å². The number of benzene rings is 3. The SMILES string of the molecule is O=C(NO)c1cnc(N2CCC(CNS(=O)(=O)c3ccc(C(=O)Nc4ccc(Cl)c(-c5nc6ccccc6[nH]5)c4)c(Cl)c3)CC2)nc1. The molecule has 5 aromatic rings. The summed E-state index contributed by atoms with van der Waals surface area (Å²) in [4.78, 5) is 42.7. The standard InChI is InChI=1S/C31H28Cl2N8O5S/c32-24-8-5-20(13-23(24)28-38-26-3-1-2-4-27(26)39-28)37-30(43)22-7-6-21(14-25(22)33)47(45,46)36-15-18-9-11-41(12-10-18)31-34-16-19(17-35-31)29(42)40-44/h1-8,13-14,16-18,36,44H,9-12,15H2,(H,37,43)(H,38,39)(H,40,42). The van der Waals surface area contributed by atoms with Crippen LogP contribution in [-0.4, -0.2) is 65.0 Å². The molecule has 6 rings (SSSR count). The van der Waals surface area contributed by atoms with Crippen molar-refractivity contribution in [3.05, 3.63) is 94.2 Å². The van der Waals surface area contributed by atoms with E-state index in [4.69, 9.17) is 28.4 Å². The number of amides is 2. The molecule has 16 heteroatoms. The molecule has 1 fully saturated rings. The predicted octanol–water partition coefficient (Wildman–Crippen LogP) is 4.89. The Morgan fingerprint density at radius 1 is 0.957 bits per heavy atom. The number of nitrogens with zero attached hydrogens (tertiary/aromatic N) is 4. The van der Waals surface area contributed by atoms with Crippen LogP contribution in [0.2, 0.25) is 10.0 Å². The van der Waals surface area contributed by atoms with E-state index in [9.17, 15) is 18.0 Å². The molecule has 0 atom stereocenters. The highest BCUT2D eigenvalue weighted by molar-refractivity contribution is 7.89. The van der Waals surface area contributed by atoms with Crippen molar-refractivity contribution in [1.82, 2.24) is 30.1 Å². The number of rotatable bonds is 9. The number of hydrogen-bond donors (Lipinski definition) is 5. The quantitative estimate of drug-likeness (QED) is 0.106. The summed E-state index contributed by atoms with van der Waals surface area (Å²) in [5, 5.41) is 12.0. The number of anilines is 2. The molecule has 2 amide bonds. The lowest BCUT2D eigenvalue weighted by Gasteiger charge is -2.32. The summed E-state index contributed by atoms with van der Waals surface area (Å²) in [6.07, 6.45) is 4.03. The van der Waals surface area contributed by atoms with E-state index >= 15 is 0 Å². The zero-order valence-electron chi connectivity index (χ0n) is 24.6. The van der Waals surface area contributed by atoms with Crippen LogP contribution in [0.15, 0.2) is 78.0 Å². The summed E-state index contributed by atoms with van der Waals surface area (Å²) >= 11 is 12.9. The van der Waals surface area contributed by atoms with Crippen LogP contribution >= 0.6 is 23.2 Å². The second kappa shape index (κ2) is 13.6. The van der Waals surface area contributed by atoms with Crippen LogP contribution in [0.3, 0.4) is 0 Å². The van der Waals surface area contributed by atoms with Crippen LogP contribution in [0.4, 0.5) is 11.6 Å². The Kier molecular flexibility index (Phi) is 9.38. The van der Waals surface area contributed by atoms with Gasteiger partial charge in [-0.15, -0.1) is 0 Å². The molecule has 0 unspecified atom stereocenters. The van der Waals surface area contributed by atoms with Crippen molar-refractivity contribution in [2.45, 2.75) is 17.7 Å². The second-order valence-corrected chi connectivity index (χ2v) is 13.5. The average molecular weight is 696 g/mol. The highest BCUT2D eigenvalue weighted by Gasteiger charge is 2.24. The number of carbonyl (C=O) groups is 2. The number of fused-ring (bicyclic) bond motifs is 1. The predicted molar refractivity (Wildman–Crippen MR) is 177 cm³/mol. The first-order valence-electron chi connectivity index (χ1n) is 14.5. The first-order chi connectivity index (χ1) is 22.6. The molecule has 3 aromatic carbocycles. The second-order valence-electron chi connectivity index (χ2n) is 10.9. The van der Waals surface area contributed by atoms with Crippen molar-refractivity contribution in [3.63, 3.8) is 0 Å². The van der Waals surface area contributed by atoms with Crippen molar-refractivity contribution in [3.8, 4) is 11.4 Å². The van der Waals surface area contributed by atoms with E-state index in [1.54, 1.807) is 18.2 Å². The molecule has 0 radical (unpaired) electrons. The summed E-state index contributed by atoms with van der Waals surface area (Å²) in [6.45, 7) is 1.42. The number of para-hydroxylation sites is 2. The van der Waals surface area contributed by atoms with Crippen LogP contribution in [0.25, 0.3) is 22.4 Å². The Morgan fingerprint density at radius 2 is 1.70 bits per heavy atom. The monoisotopic (exact) mass is 694 g/mol. The number of imidazole rings is 1. The number of hydrogen-bond acceptors (Lipinski definition) is 9. The zero-order chi connectivity index (χ0) is 33.1. The molecule has 3 heterocycles. The molecule has 1 aliphatic heterocycles. The van der Waals surface area contributed by atoms with Crippen molar-refractivity contribution in [2.24, 2.45) is 5.92 Å². The first kappa shape index (κ1) is 32.3. The third-order valence-corrected chi connectivity index (χ3v) is 9.89. The van der Waals surface area contributed by atoms with Gasteiger partial charge in [0.25, 0.3) is 11.8 Å². The Labute approximate surface area is 279 Å². The largest absolute Gasteiger partial charge is 0.341 e. The highest BCUT2D eigenvalue weighted by atomic mass is 35.5. The molecule has 242 valence electrons. The summed E-state index contributed by atoms with van der Waals surface area (Å²) in [7, 11) is -3.90. The maximum Gasteiger partial charge on any atom is 0.277 e. The fourth-order valence-corrected chi connectivity index (χ4v) is 6.90. The summed E-state index contributed by atoms with van der Waals surface area (Å²) in [5.74, 6) is -0.154. The minimum atomic E-state index is -3.90. The lowest BCUT2D eigenvalue weighted by Crippen LogP contribution is -2.39. The number of nitrogens with one attached hydrogen (secondary N) is 4. The van der Waals surface area contributed by atoms with Gasteiger partial charge in [0.15, 0.2) is 0 Å². The zero-order valence-corrected chi connectivity index (χ0v) is 26.9. The number of halogens is 2.